The van der Waals surface area contributed by atoms with Gasteiger partial charge in [0.25, 0.3) is 5.91 Å². The molecule has 1 saturated heterocycles. The molecule has 27 heavy (non-hydrogen) atoms. The van der Waals surface area contributed by atoms with Crippen LogP contribution in [-0.2, 0) is 14.4 Å². The number of carbonyl (C=O) groups is 4. The van der Waals surface area contributed by atoms with E-state index in [9.17, 15) is 19.2 Å². The molecule has 2 heterocycles. The van der Waals surface area contributed by atoms with Crippen molar-refractivity contribution in [2.24, 2.45) is 0 Å². The minimum atomic E-state index is -1.12. The van der Waals surface area contributed by atoms with Crippen molar-refractivity contribution in [3.05, 3.63) is 41.1 Å². The first-order valence-electron chi connectivity index (χ1n) is 8.10. The fraction of sp³-hybridized carbons (Fsp3) is 0.278. The Kier molecular flexibility index (Phi) is 6.12. The van der Waals surface area contributed by atoms with Gasteiger partial charge in [0.1, 0.15) is 6.54 Å². The van der Waals surface area contributed by atoms with Gasteiger partial charge in [0.2, 0.25) is 11.8 Å². The van der Waals surface area contributed by atoms with Gasteiger partial charge in [-0.25, -0.2) is 0 Å². The predicted molar refractivity (Wildman–Crippen MR) is 98.8 cm³/mol. The maximum atomic E-state index is 12.1. The van der Waals surface area contributed by atoms with Crippen molar-refractivity contribution in [1.29, 1.82) is 0 Å². The number of carboxylic acids is 1. The smallest absolute Gasteiger partial charge is 0.322 e. The summed E-state index contributed by atoms with van der Waals surface area (Å²) in [6.45, 7) is 1.31. The first-order chi connectivity index (χ1) is 12.3. The molecule has 3 rings (SSSR count). The van der Waals surface area contributed by atoms with Crippen molar-refractivity contribution in [3.8, 4) is 0 Å². The summed E-state index contributed by atoms with van der Waals surface area (Å²) >= 11 is 0. The lowest BCUT2D eigenvalue weighted by atomic mass is 9.89. The average Bonchev–Trinajstić information content (AvgIpc) is 2.59. The zero-order valence-electron chi connectivity index (χ0n) is 14.4. The van der Waals surface area contributed by atoms with Gasteiger partial charge < -0.3 is 10.4 Å². The van der Waals surface area contributed by atoms with E-state index in [1.54, 1.807) is 25.1 Å². The van der Waals surface area contributed by atoms with E-state index >= 15 is 0 Å². The summed E-state index contributed by atoms with van der Waals surface area (Å²) in [5.41, 5.74) is 2.28. The van der Waals surface area contributed by atoms with Crippen LogP contribution in [0, 0.1) is 6.92 Å². The largest absolute Gasteiger partial charge is 0.480 e. The summed E-state index contributed by atoms with van der Waals surface area (Å²) in [4.78, 5) is 50.4. The van der Waals surface area contributed by atoms with E-state index in [0.717, 1.165) is 10.9 Å². The van der Waals surface area contributed by atoms with Gasteiger partial charge in [0.15, 0.2) is 0 Å². The molecular formula is C18H18ClN3O5. The highest BCUT2D eigenvalue weighted by Gasteiger charge is 2.29. The quantitative estimate of drug-likeness (QED) is 0.674. The number of benzene rings is 1. The molecule has 0 radical (unpaired) electrons. The summed E-state index contributed by atoms with van der Waals surface area (Å²) < 4.78 is 0. The van der Waals surface area contributed by atoms with Crippen molar-refractivity contribution in [3.63, 3.8) is 0 Å². The summed E-state index contributed by atoms with van der Waals surface area (Å²) in [6.07, 6.45) is 0.727. The number of aryl methyl sites for hydroxylation is 1. The molecule has 0 aliphatic carbocycles. The third-order valence-electron chi connectivity index (χ3n) is 4.32. The summed E-state index contributed by atoms with van der Waals surface area (Å²) in [5, 5.41) is 14.0. The second kappa shape index (κ2) is 8.13. The highest BCUT2D eigenvalue weighted by Crippen LogP contribution is 2.29. The van der Waals surface area contributed by atoms with Crippen LogP contribution in [-0.4, -0.2) is 40.3 Å². The molecule has 0 spiro atoms. The van der Waals surface area contributed by atoms with Gasteiger partial charge in [0, 0.05) is 23.1 Å². The molecule has 3 amide bonds. The van der Waals surface area contributed by atoms with Crippen LogP contribution in [0.25, 0.3) is 10.9 Å². The number of rotatable bonds is 4. The normalized spacial score (nSPS) is 16.4. The van der Waals surface area contributed by atoms with Gasteiger partial charge in [-0.3, -0.25) is 29.5 Å². The van der Waals surface area contributed by atoms with Gasteiger partial charge in [-0.1, -0.05) is 6.07 Å². The van der Waals surface area contributed by atoms with E-state index in [1.807, 2.05) is 6.07 Å². The molecule has 142 valence electrons. The minimum Gasteiger partial charge on any atom is -0.480 e. The molecule has 1 aromatic heterocycles. The summed E-state index contributed by atoms with van der Waals surface area (Å²) in [5.74, 6) is -2.64. The molecule has 2 aromatic rings. The average molecular weight is 392 g/mol. The molecule has 9 heteroatoms. The number of imide groups is 1. The van der Waals surface area contributed by atoms with Crippen LogP contribution in [0.15, 0.2) is 24.3 Å². The van der Waals surface area contributed by atoms with Gasteiger partial charge in [-0.05, 0) is 37.1 Å². The van der Waals surface area contributed by atoms with Gasteiger partial charge >= 0.3 is 5.97 Å². The van der Waals surface area contributed by atoms with Crippen LogP contribution in [0.1, 0.15) is 40.4 Å². The topological polar surface area (TPSA) is 125 Å². The third-order valence-corrected chi connectivity index (χ3v) is 4.32. The van der Waals surface area contributed by atoms with E-state index in [1.165, 1.54) is 0 Å². The first-order valence-corrected chi connectivity index (χ1v) is 8.10. The maximum Gasteiger partial charge on any atom is 0.322 e. The number of hydrogen-bond acceptors (Lipinski definition) is 5. The van der Waals surface area contributed by atoms with Crippen LogP contribution in [0.2, 0.25) is 0 Å². The van der Waals surface area contributed by atoms with Crippen LogP contribution < -0.4 is 10.6 Å². The number of nitrogens with zero attached hydrogens (tertiary/aromatic N) is 1. The van der Waals surface area contributed by atoms with Gasteiger partial charge in [-0.15, -0.1) is 12.4 Å². The predicted octanol–water partition coefficient (Wildman–Crippen LogP) is 1.30. The van der Waals surface area contributed by atoms with Crippen LogP contribution in [0.3, 0.4) is 0 Å². The lowest BCUT2D eigenvalue weighted by molar-refractivity contribution is -0.136. The van der Waals surface area contributed by atoms with Crippen LogP contribution in [0.5, 0.6) is 0 Å². The molecule has 1 aliphatic heterocycles. The number of pyridine rings is 1. The van der Waals surface area contributed by atoms with E-state index in [0.29, 0.717) is 23.2 Å². The molecule has 1 unspecified atom stereocenters. The number of fused-ring (bicyclic) bond motifs is 1. The Bertz CT molecular complexity index is 944. The number of aromatic nitrogens is 1. The highest BCUT2D eigenvalue weighted by atomic mass is 35.5. The molecule has 8 nitrogen and oxygen atoms in total. The molecule has 0 saturated carbocycles. The Morgan fingerprint density at radius 2 is 2.04 bits per heavy atom. The van der Waals surface area contributed by atoms with Crippen molar-refractivity contribution < 1.29 is 24.3 Å². The zero-order valence-corrected chi connectivity index (χ0v) is 15.3. The second-order valence-corrected chi connectivity index (χ2v) is 6.15. The number of amides is 3. The number of halogens is 1. The highest BCUT2D eigenvalue weighted by molar-refractivity contribution is 6.02. The second-order valence-electron chi connectivity index (χ2n) is 6.15. The zero-order chi connectivity index (χ0) is 18.8. The number of hydrogen-bond donors (Lipinski definition) is 3. The number of piperidine rings is 1. The molecule has 0 bridgehead atoms. The SMILES string of the molecule is Cc1nc2cc(C(=O)NCC(=O)O)ccc2cc1C1CCC(=O)NC1=O.Cl. The standard InChI is InChI=1S/C18H17N3O5.ClH/c1-9-13(12-4-5-15(22)21-18(12)26)6-10-2-3-11(7-14(10)20-9)17(25)19-8-16(23)24;/h2-3,6-7,12H,4-5,8H2,1H3,(H,19,25)(H,23,24)(H,21,22,26);1H. The summed E-state index contributed by atoms with van der Waals surface area (Å²) in [7, 11) is 0. The van der Waals surface area contributed by atoms with Crippen molar-refractivity contribution in [1.82, 2.24) is 15.6 Å². The molecule has 1 atom stereocenters. The third kappa shape index (κ3) is 4.40. The fourth-order valence-electron chi connectivity index (χ4n) is 3.02. The van der Waals surface area contributed by atoms with E-state index < -0.39 is 24.3 Å². The summed E-state index contributed by atoms with van der Waals surface area (Å²) in [6, 6.07) is 6.70. The molecule has 1 aromatic carbocycles. The fourth-order valence-corrected chi connectivity index (χ4v) is 3.02. The van der Waals surface area contributed by atoms with Crippen LogP contribution >= 0.6 is 12.4 Å². The van der Waals surface area contributed by atoms with E-state index in [4.69, 9.17) is 5.11 Å². The Hall–Kier alpha value is -3.00. The number of nitrogens with one attached hydrogen (secondary N) is 2. The van der Waals surface area contributed by atoms with E-state index in [-0.39, 0.29) is 30.6 Å². The van der Waals surface area contributed by atoms with E-state index in [2.05, 4.69) is 15.6 Å². The number of carboxylic acid groups (broad SMARTS) is 1. The molecular weight excluding hydrogens is 374 g/mol. The maximum absolute atomic E-state index is 12.1. The number of aliphatic carboxylic acids is 1. The molecule has 3 N–H and O–H groups in total. The van der Waals surface area contributed by atoms with Crippen molar-refractivity contribution in [2.45, 2.75) is 25.7 Å². The Morgan fingerprint density at radius 3 is 2.70 bits per heavy atom. The minimum absolute atomic E-state index is 0. The van der Waals surface area contributed by atoms with Gasteiger partial charge in [-0.2, -0.15) is 0 Å². The van der Waals surface area contributed by atoms with Crippen molar-refractivity contribution in [2.75, 3.05) is 6.54 Å². The number of carbonyl (C=O) groups excluding carboxylic acids is 3. The van der Waals surface area contributed by atoms with Gasteiger partial charge in [0.05, 0.1) is 11.4 Å². The lowest BCUT2D eigenvalue weighted by Crippen LogP contribution is -2.39. The molecule has 1 aliphatic rings. The van der Waals surface area contributed by atoms with Crippen molar-refractivity contribution >= 4 is 47.0 Å². The Balaban J connectivity index is 0.00000261. The van der Waals surface area contributed by atoms with Crippen LogP contribution in [0.4, 0.5) is 0 Å². The lowest BCUT2D eigenvalue weighted by Gasteiger charge is -2.22. The monoisotopic (exact) mass is 391 g/mol. The first kappa shape index (κ1) is 20.3. The Labute approximate surface area is 160 Å². The molecule has 1 fully saturated rings. The Morgan fingerprint density at radius 1 is 1.30 bits per heavy atom.